The lowest BCUT2D eigenvalue weighted by atomic mass is 9.70. The van der Waals surface area contributed by atoms with Crippen LogP contribution in [0.1, 0.15) is 24.5 Å². The molecule has 0 aromatic heterocycles. The number of hydrogen-bond acceptors (Lipinski definition) is 2. The molecule has 1 aromatic carbocycles. The zero-order valence-electron chi connectivity index (χ0n) is 11.5. The summed E-state index contributed by atoms with van der Waals surface area (Å²) in [4.78, 5) is 23.3. The van der Waals surface area contributed by atoms with E-state index >= 15 is 0 Å². The van der Waals surface area contributed by atoms with Gasteiger partial charge in [0.05, 0.1) is 0 Å². The van der Waals surface area contributed by atoms with Gasteiger partial charge in [-0.2, -0.15) is 0 Å². The fourth-order valence-electron chi connectivity index (χ4n) is 2.61. The van der Waals surface area contributed by atoms with Crippen LogP contribution in [0.15, 0.2) is 47.6 Å². The van der Waals surface area contributed by atoms with Crippen LogP contribution in [0, 0.1) is 0 Å². The third-order valence-corrected chi connectivity index (χ3v) is 4.44. The van der Waals surface area contributed by atoms with Crippen LogP contribution in [0.4, 0.5) is 0 Å². The average Bonchev–Trinajstić information content (AvgIpc) is 2.47. The van der Waals surface area contributed by atoms with Gasteiger partial charge in [0.15, 0.2) is 0 Å². The molecule has 0 heterocycles. The van der Waals surface area contributed by atoms with E-state index in [-0.39, 0.29) is 12.0 Å². The molecular formula is C16H15BrO4. The molecule has 1 aromatic rings. The standard InChI is InChI=1S/C16H15BrO4/c1-10-6-7-16(15(20)21,8-12(10)14(18)19)13-5-3-2-4-11(13)9-17/h2-7H,8-9H2,1H3,(H,18,19)(H,20,21). The van der Waals surface area contributed by atoms with Crippen LogP contribution < -0.4 is 0 Å². The van der Waals surface area contributed by atoms with Gasteiger partial charge in [0, 0.05) is 17.3 Å². The number of halogens is 1. The Morgan fingerprint density at radius 1 is 1.29 bits per heavy atom. The monoisotopic (exact) mass is 350 g/mol. The molecule has 0 amide bonds. The largest absolute Gasteiger partial charge is 0.480 e. The minimum Gasteiger partial charge on any atom is -0.480 e. The van der Waals surface area contributed by atoms with E-state index in [1.165, 1.54) is 0 Å². The second-order valence-corrected chi connectivity index (χ2v) is 5.60. The van der Waals surface area contributed by atoms with E-state index < -0.39 is 17.4 Å². The molecule has 1 atom stereocenters. The van der Waals surface area contributed by atoms with Crippen molar-refractivity contribution in [2.75, 3.05) is 0 Å². The third-order valence-electron chi connectivity index (χ3n) is 3.83. The number of benzene rings is 1. The van der Waals surface area contributed by atoms with Gasteiger partial charge in [-0.25, -0.2) is 4.79 Å². The Kier molecular flexibility index (Phi) is 4.32. The number of carboxylic acid groups (broad SMARTS) is 2. The Morgan fingerprint density at radius 3 is 2.52 bits per heavy atom. The molecule has 0 fully saturated rings. The molecule has 1 unspecified atom stereocenters. The van der Waals surface area contributed by atoms with Gasteiger partial charge in [0.2, 0.25) is 0 Å². The number of carbonyl (C=O) groups is 2. The molecule has 0 aliphatic heterocycles. The summed E-state index contributed by atoms with van der Waals surface area (Å²) >= 11 is 3.36. The molecule has 110 valence electrons. The highest BCUT2D eigenvalue weighted by Gasteiger charge is 2.43. The topological polar surface area (TPSA) is 74.6 Å². The van der Waals surface area contributed by atoms with Gasteiger partial charge in [-0.1, -0.05) is 52.3 Å². The lowest BCUT2D eigenvalue weighted by Crippen LogP contribution is -2.37. The van der Waals surface area contributed by atoms with E-state index in [2.05, 4.69) is 15.9 Å². The lowest BCUT2D eigenvalue weighted by molar-refractivity contribution is -0.142. The normalized spacial score (nSPS) is 21.4. The SMILES string of the molecule is CC1=C(C(=O)O)CC(C(=O)O)(c2ccccc2CBr)C=C1. The van der Waals surface area contributed by atoms with Crippen molar-refractivity contribution in [3.63, 3.8) is 0 Å². The van der Waals surface area contributed by atoms with Crippen molar-refractivity contribution in [2.45, 2.75) is 24.1 Å². The third kappa shape index (κ3) is 2.65. The molecule has 2 N–H and O–H groups in total. The Bertz CT molecular complexity index is 660. The van der Waals surface area contributed by atoms with Crippen molar-refractivity contribution >= 4 is 27.9 Å². The van der Waals surface area contributed by atoms with Crippen molar-refractivity contribution in [1.82, 2.24) is 0 Å². The van der Waals surface area contributed by atoms with Crippen LogP contribution in [0.25, 0.3) is 0 Å². The van der Waals surface area contributed by atoms with Crippen molar-refractivity contribution in [3.8, 4) is 0 Å². The van der Waals surface area contributed by atoms with Gasteiger partial charge in [0.1, 0.15) is 5.41 Å². The quantitative estimate of drug-likeness (QED) is 0.817. The van der Waals surface area contributed by atoms with Crippen molar-refractivity contribution in [2.24, 2.45) is 0 Å². The van der Waals surface area contributed by atoms with E-state index in [1.807, 2.05) is 12.1 Å². The molecule has 0 saturated carbocycles. The van der Waals surface area contributed by atoms with Crippen LogP contribution in [0.2, 0.25) is 0 Å². The number of allylic oxidation sites excluding steroid dienone is 2. The first-order valence-electron chi connectivity index (χ1n) is 6.42. The van der Waals surface area contributed by atoms with E-state index in [0.29, 0.717) is 16.5 Å². The second-order valence-electron chi connectivity index (χ2n) is 5.04. The van der Waals surface area contributed by atoms with Gasteiger partial charge in [-0.05, 0) is 23.6 Å². The van der Waals surface area contributed by atoms with Crippen LogP contribution in [-0.2, 0) is 20.3 Å². The van der Waals surface area contributed by atoms with Gasteiger partial charge < -0.3 is 10.2 Å². The van der Waals surface area contributed by atoms with Crippen LogP contribution in [0.3, 0.4) is 0 Å². The van der Waals surface area contributed by atoms with Gasteiger partial charge in [0.25, 0.3) is 0 Å². The minimum atomic E-state index is -1.34. The summed E-state index contributed by atoms with van der Waals surface area (Å²) in [6.45, 7) is 1.68. The first kappa shape index (κ1) is 15.5. The predicted molar refractivity (Wildman–Crippen MR) is 82.5 cm³/mol. The summed E-state index contributed by atoms with van der Waals surface area (Å²) in [6.07, 6.45) is 3.13. The van der Waals surface area contributed by atoms with Crippen LogP contribution in [-0.4, -0.2) is 22.2 Å². The first-order valence-corrected chi connectivity index (χ1v) is 7.54. The maximum Gasteiger partial charge on any atom is 0.331 e. The molecule has 0 spiro atoms. The Balaban J connectivity index is 2.63. The second kappa shape index (κ2) is 5.85. The van der Waals surface area contributed by atoms with Crippen molar-refractivity contribution in [1.29, 1.82) is 0 Å². The molecule has 0 saturated heterocycles. The van der Waals surface area contributed by atoms with Gasteiger partial charge >= 0.3 is 11.9 Å². The fourth-order valence-corrected chi connectivity index (χ4v) is 3.10. The van der Waals surface area contributed by atoms with Crippen LogP contribution in [0.5, 0.6) is 0 Å². The number of aliphatic carboxylic acids is 2. The summed E-state index contributed by atoms with van der Waals surface area (Å²) in [5, 5.41) is 19.6. The molecular weight excluding hydrogens is 336 g/mol. The minimum absolute atomic E-state index is 0.0516. The number of carboxylic acids is 2. The van der Waals surface area contributed by atoms with Crippen LogP contribution >= 0.6 is 15.9 Å². The molecule has 21 heavy (non-hydrogen) atoms. The maximum absolute atomic E-state index is 11.9. The Labute approximate surface area is 130 Å². The Morgan fingerprint density at radius 2 is 1.95 bits per heavy atom. The zero-order chi connectivity index (χ0) is 15.6. The van der Waals surface area contributed by atoms with E-state index in [0.717, 1.165) is 5.56 Å². The zero-order valence-corrected chi connectivity index (χ0v) is 13.1. The van der Waals surface area contributed by atoms with Gasteiger partial charge in [-0.15, -0.1) is 0 Å². The fraction of sp³-hybridized carbons (Fsp3) is 0.250. The first-order chi connectivity index (χ1) is 9.92. The smallest absolute Gasteiger partial charge is 0.331 e. The summed E-state index contributed by atoms with van der Waals surface area (Å²) in [6, 6.07) is 7.19. The molecule has 0 radical (unpaired) electrons. The molecule has 5 heteroatoms. The van der Waals surface area contributed by atoms with Crippen molar-refractivity contribution < 1.29 is 19.8 Å². The highest BCUT2D eigenvalue weighted by Crippen LogP contribution is 2.40. The molecule has 2 rings (SSSR count). The van der Waals surface area contributed by atoms with Crippen molar-refractivity contribution in [3.05, 3.63) is 58.7 Å². The average molecular weight is 351 g/mol. The van der Waals surface area contributed by atoms with E-state index in [4.69, 9.17) is 0 Å². The Hall–Kier alpha value is -1.88. The number of rotatable bonds is 4. The highest BCUT2D eigenvalue weighted by molar-refractivity contribution is 9.08. The lowest BCUT2D eigenvalue weighted by Gasteiger charge is -2.31. The molecule has 1 aliphatic rings. The summed E-state index contributed by atoms with van der Waals surface area (Å²) < 4.78 is 0. The van der Waals surface area contributed by atoms with E-state index in [9.17, 15) is 19.8 Å². The number of alkyl halides is 1. The molecule has 1 aliphatic carbocycles. The molecule has 4 nitrogen and oxygen atoms in total. The maximum atomic E-state index is 11.9. The predicted octanol–water partition coefficient (Wildman–Crippen LogP) is 3.26. The number of hydrogen-bond donors (Lipinski definition) is 2. The van der Waals surface area contributed by atoms with E-state index in [1.54, 1.807) is 31.2 Å². The summed E-state index contributed by atoms with van der Waals surface area (Å²) in [5.74, 6) is -2.11. The summed E-state index contributed by atoms with van der Waals surface area (Å²) in [5.41, 5.74) is 0.864. The van der Waals surface area contributed by atoms with Gasteiger partial charge in [-0.3, -0.25) is 4.79 Å². The summed E-state index contributed by atoms with van der Waals surface area (Å²) in [7, 11) is 0. The highest BCUT2D eigenvalue weighted by atomic mass is 79.9. The molecule has 0 bridgehead atoms.